The van der Waals surface area contributed by atoms with E-state index in [0.29, 0.717) is 19.6 Å². The highest BCUT2D eigenvalue weighted by Gasteiger charge is 2.13. The van der Waals surface area contributed by atoms with Gasteiger partial charge in [-0.15, -0.1) is 0 Å². The minimum absolute atomic E-state index is 0.116. The average molecular weight is 244 g/mol. The second kappa shape index (κ2) is 7.35. The van der Waals surface area contributed by atoms with Crippen LogP contribution in [0, 0.1) is 11.6 Å². The van der Waals surface area contributed by atoms with E-state index in [2.05, 4.69) is 6.92 Å². The third-order valence-electron chi connectivity index (χ3n) is 2.50. The van der Waals surface area contributed by atoms with E-state index in [-0.39, 0.29) is 5.56 Å². The summed E-state index contributed by atoms with van der Waals surface area (Å²) < 4.78 is 31.2. The Hall–Kier alpha value is -1.00. The van der Waals surface area contributed by atoms with Crippen LogP contribution in [-0.4, -0.2) is 18.3 Å². The van der Waals surface area contributed by atoms with Gasteiger partial charge < -0.3 is 9.84 Å². The fraction of sp³-hybridized carbons (Fsp3) is 0.538. The fourth-order valence-electron chi connectivity index (χ4n) is 1.47. The van der Waals surface area contributed by atoms with Gasteiger partial charge in [-0.2, -0.15) is 0 Å². The summed E-state index contributed by atoms with van der Waals surface area (Å²) in [5.74, 6) is -1.36. The van der Waals surface area contributed by atoms with Crippen molar-refractivity contribution in [3.8, 4) is 0 Å². The van der Waals surface area contributed by atoms with E-state index in [9.17, 15) is 13.9 Å². The highest BCUT2D eigenvalue weighted by molar-refractivity contribution is 5.20. The molecule has 0 radical (unpaired) electrons. The molecule has 1 N–H and O–H groups in total. The third kappa shape index (κ3) is 4.79. The quantitative estimate of drug-likeness (QED) is 0.746. The van der Waals surface area contributed by atoms with Crippen LogP contribution in [0.3, 0.4) is 0 Å². The monoisotopic (exact) mass is 244 g/mol. The summed E-state index contributed by atoms with van der Waals surface area (Å²) in [6, 6.07) is 3.18. The SMILES string of the molecule is CCCCOCCC(O)c1ccc(F)cc1F. The molecule has 0 aliphatic rings. The molecular weight excluding hydrogens is 226 g/mol. The number of aliphatic hydroxyl groups is 1. The lowest BCUT2D eigenvalue weighted by molar-refractivity contribution is 0.0789. The Bertz CT molecular complexity index is 342. The van der Waals surface area contributed by atoms with E-state index in [4.69, 9.17) is 4.74 Å². The maximum atomic E-state index is 13.3. The molecule has 0 aliphatic heterocycles. The van der Waals surface area contributed by atoms with E-state index in [1.54, 1.807) is 0 Å². The van der Waals surface area contributed by atoms with E-state index in [1.165, 1.54) is 6.07 Å². The Morgan fingerprint density at radius 3 is 2.71 bits per heavy atom. The zero-order chi connectivity index (χ0) is 12.7. The molecule has 1 atom stereocenters. The van der Waals surface area contributed by atoms with Crippen molar-refractivity contribution < 1.29 is 18.6 Å². The lowest BCUT2D eigenvalue weighted by atomic mass is 10.1. The van der Waals surface area contributed by atoms with Gasteiger partial charge in [0, 0.05) is 31.3 Å². The van der Waals surface area contributed by atoms with E-state index >= 15 is 0 Å². The molecule has 17 heavy (non-hydrogen) atoms. The number of hydrogen-bond acceptors (Lipinski definition) is 2. The first kappa shape index (κ1) is 14.1. The molecule has 4 heteroatoms. The van der Waals surface area contributed by atoms with Gasteiger partial charge in [-0.05, 0) is 12.5 Å². The van der Waals surface area contributed by atoms with E-state index < -0.39 is 17.7 Å². The standard InChI is InChI=1S/C13H18F2O2/c1-2-3-7-17-8-6-13(16)11-5-4-10(14)9-12(11)15/h4-5,9,13,16H,2-3,6-8H2,1H3. The van der Waals surface area contributed by atoms with Gasteiger partial charge in [0.1, 0.15) is 11.6 Å². The van der Waals surface area contributed by atoms with Gasteiger partial charge in [0.15, 0.2) is 0 Å². The topological polar surface area (TPSA) is 29.5 Å². The highest BCUT2D eigenvalue weighted by Crippen LogP contribution is 2.20. The minimum Gasteiger partial charge on any atom is -0.388 e. The van der Waals surface area contributed by atoms with Crippen molar-refractivity contribution in [3.63, 3.8) is 0 Å². The number of unbranched alkanes of at least 4 members (excludes halogenated alkanes) is 1. The van der Waals surface area contributed by atoms with Crippen molar-refractivity contribution in [2.45, 2.75) is 32.3 Å². The zero-order valence-corrected chi connectivity index (χ0v) is 9.96. The average Bonchev–Trinajstić information content (AvgIpc) is 2.28. The summed E-state index contributed by atoms with van der Waals surface area (Å²) >= 11 is 0. The molecule has 0 heterocycles. The zero-order valence-electron chi connectivity index (χ0n) is 9.96. The van der Waals surface area contributed by atoms with Gasteiger partial charge in [-0.25, -0.2) is 8.78 Å². The summed E-state index contributed by atoms with van der Waals surface area (Å²) in [5.41, 5.74) is 0.116. The van der Waals surface area contributed by atoms with Crippen molar-refractivity contribution in [3.05, 3.63) is 35.4 Å². The van der Waals surface area contributed by atoms with Crippen LogP contribution in [0.4, 0.5) is 8.78 Å². The van der Waals surface area contributed by atoms with Gasteiger partial charge in [0.05, 0.1) is 6.10 Å². The van der Waals surface area contributed by atoms with Crippen LogP contribution in [0.5, 0.6) is 0 Å². The predicted octanol–water partition coefficient (Wildman–Crippen LogP) is 3.21. The summed E-state index contributed by atoms with van der Waals surface area (Å²) in [6.07, 6.45) is 1.39. The molecule has 0 bridgehead atoms. The van der Waals surface area contributed by atoms with Crippen molar-refractivity contribution in [2.75, 3.05) is 13.2 Å². The van der Waals surface area contributed by atoms with Crippen molar-refractivity contribution in [1.29, 1.82) is 0 Å². The summed E-state index contributed by atoms with van der Waals surface area (Å²) in [4.78, 5) is 0. The molecule has 2 nitrogen and oxygen atoms in total. The van der Waals surface area contributed by atoms with Crippen LogP contribution in [-0.2, 0) is 4.74 Å². The van der Waals surface area contributed by atoms with Crippen molar-refractivity contribution >= 4 is 0 Å². The normalized spacial score (nSPS) is 12.7. The first-order valence-corrected chi connectivity index (χ1v) is 5.86. The van der Waals surface area contributed by atoms with Gasteiger partial charge >= 0.3 is 0 Å². The molecule has 0 aliphatic carbocycles. The molecule has 0 aromatic heterocycles. The van der Waals surface area contributed by atoms with Gasteiger partial charge in [-0.3, -0.25) is 0 Å². The molecule has 1 aromatic carbocycles. The smallest absolute Gasteiger partial charge is 0.131 e. The number of benzene rings is 1. The van der Waals surface area contributed by atoms with Crippen LogP contribution in [0.25, 0.3) is 0 Å². The number of ether oxygens (including phenoxy) is 1. The second-order valence-corrected chi connectivity index (χ2v) is 3.94. The summed E-state index contributed by atoms with van der Waals surface area (Å²) in [5, 5.41) is 9.71. The molecule has 0 saturated heterocycles. The lowest BCUT2D eigenvalue weighted by Gasteiger charge is -2.12. The molecule has 0 saturated carbocycles. The molecule has 0 spiro atoms. The maximum Gasteiger partial charge on any atom is 0.131 e. The van der Waals surface area contributed by atoms with Crippen molar-refractivity contribution in [1.82, 2.24) is 0 Å². The molecule has 96 valence electrons. The Kier molecular flexibility index (Phi) is 6.08. The molecule has 1 rings (SSSR count). The van der Waals surface area contributed by atoms with Crippen LogP contribution in [0.2, 0.25) is 0 Å². The highest BCUT2D eigenvalue weighted by atomic mass is 19.1. The first-order chi connectivity index (χ1) is 8.15. The predicted molar refractivity (Wildman–Crippen MR) is 61.7 cm³/mol. The maximum absolute atomic E-state index is 13.3. The minimum atomic E-state index is -0.947. The Morgan fingerprint density at radius 1 is 1.29 bits per heavy atom. The Labute approximate surface area is 100 Å². The molecule has 1 unspecified atom stereocenters. The third-order valence-corrected chi connectivity index (χ3v) is 2.50. The van der Waals surface area contributed by atoms with Gasteiger partial charge in [0.25, 0.3) is 0 Å². The fourth-order valence-corrected chi connectivity index (χ4v) is 1.47. The van der Waals surface area contributed by atoms with Crippen LogP contribution < -0.4 is 0 Å². The van der Waals surface area contributed by atoms with Crippen molar-refractivity contribution in [2.24, 2.45) is 0 Å². The molecule has 1 aromatic rings. The number of aliphatic hydroxyl groups excluding tert-OH is 1. The Morgan fingerprint density at radius 2 is 2.06 bits per heavy atom. The largest absolute Gasteiger partial charge is 0.388 e. The molecule has 0 fully saturated rings. The van der Waals surface area contributed by atoms with Crippen LogP contribution >= 0.6 is 0 Å². The van der Waals surface area contributed by atoms with E-state index in [0.717, 1.165) is 25.0 Å². The number of hydrogen-bond donors (Lipinski definition) is 1. The summed E-state index contributed by atoms with van der Waals surface area (Å²) in [7, 11) is 0. The molecular formula is C13H18F2O2. The van der Waals surface area contributed by atoms with Crippen LogP contribution in [0.15, 0.2) is 18.2 Å². The molecule has 0 amide bonds. The first-order valence-electron chi connectivity index (χ1n) is 5.86. The lowest BCUT2D eigenvalue weighted by Crippen LogP contribution is -2.06. The van der Waals surface area contributed by atoms with Gasteiger partial charge in [0.2, 0.25) is 0 Å². The van der Waals surface area contributed by atoms with Crippen LogP contribution in [0.1, 0.15) is 37.9 Å². The number of rotatable bonds is 7. The van der Waals surface area contributed by atoms with E-state index in [1.807, 2.05) is 0 Å². The second-order valence-electron chi connectivity index (χ2n) is 3.94. The Balaban J connectivity index is 2.38. The number of halogens is 2. The van der Waals surface area contributed by atoms with Gasteiger partial charge in [-0.1, -0.05) is 19.4 Å². The summed E-state index contributed by atoms with van der Waals surface area (Å²) in [6.45, 7) is 3.08.